The predicted molar refractivity (Wildman–Crippen MR) is 109 cm³/mol. The lowest BCUT2D eigenvalue weighted by atomic mass is 9.54. The third-order valence-electron chi connectivity index (χ3n) is 7.32. The molecule has 6 heteroatoms. The molecule has 154 valence electrons. The van der Waals surface area contributed by atoms with Gasteiger partial charge in [0.15, 0.2) is 0 Å². The molecule has 1 aromatic rings. The van der Waals surface area contributed by atoms with Gasteiger partial charge in [0.2, 0.25) is 10.0 Å². The Morgan fingerprint density at radius 3 is 2.11 bits per heavy atom. The molecule has 0 saturated heterocycles. The quantitative estimate of drug-likeness (QED) is 0.787. The largest absolute Gasteiger partial charge is 0.338 e. The lowest BCUT2D eigenvalue weighted by molar-refractivity contribution is -0.0491. The van der Waals surface area contributed by atoms with Crippen LogP contribution in [0.3, 0.4) is 0 Å². The number of sulfonamides is 1. The molecule has 1 N–H and O–H groups in total. The van der Waals surface area contributed by atoms with Gasteiger partial charge in [-0.05, 0) is 93.4 Å². The van der Waals surface area contributed by atoms with Crippen LogP contribution >= 0.6 is 0 Å². The third kappa shape index (κ3) is 3.61. The number of benzene rings is 1. The van der Waals surface area contributed by atoms with Gasteiger partial charge in [0.05, 0.1) is 4.90 Å². The lowest BCUT2D eigenvalue weighted by Gasteiger charge is -2.56. The topological polar surface area (TPSA) is 66.5 Å². The number of nitrogens with one attached hydrogen (secondary N) is 1. The molecule has 4 bridgehead atoms. The normalized spacial score (nSPS) is 32.3. The lowest BCUT2D eigenvalue weighted by Crippen LogP contribution is -2.56. The van der Waals surface area contributed by atoms with Crippen LogP contribution in [0.15, 0.2) is 29.2 Å². The number of hydrogen-bond donors (Lipinski definition) is 1. The molecular formula is C22H32N2O3S. The van der Waals surface area contributed by atoms with Crippen LogP contribution in [-0.4, -0.2) is 38.4 Å². The molecule has 4 aliphatic carbocycles. The molecule has 5 rings (SSSR count). The minimum atomic E-state index is -3.54. The van der Waals surface area contributed by atoms with E-state index in [-0.39, 0.29) is 16.8 Å². The van der Waals surface area contributed by atoms with E-state index < -0.39 is 10.0 Å². The Balaban J connectivity index is 1.48. The van der Waals surface area contributed by atoms with Crippen LogP contribution in [0.5, 0.6) is 0 Å². The maximum absolute atomic E-state index is 13.1. The molecule has 1 amide bonds. The second-order valence-corrected chi connectivity index (χ2v) is 11.0. The van der Waals surface area contributed by atoms with E-state index in [1.54, 1.807) is 24.3 Å². The van der Waals surface area contributed by atoms with Gasteiger partial charge in [-0.1, -0.05) is 6.92 Å². The Morgan fingerprint density at radius 2 is 1.61 bits per heavy atom. The van der Waals surface area contributed by atoms with Crippen molar-refractivity contribution in [2.24, 2.45) is 23.7 Å². The van der Waals surface area contributed by atoms with Crippen molar-refractivity contribution in [2.45, 2.75) is 69.4 Å². The molecule has 4 saturated carbocycles. The first-order valence-corrected chi connectivity index (χ1v) is 12.2. The van der Waals surface area contributed by atoms with Crippen LogP contribution in [0.2, 0.25) is 0 Å². The van der Waals surface area contributed by atoms with Crippen LogP contribution in [0.1, 0.15) is 62.7 Å². The molecular weight excluding hydrogens is 372 g/mol. The third-order valence-corrected chi connectivity index (χ3v) is 8.93. The fraction of sp³-hybridized carbons (Fsp3) is 0.682. The van der Waals surface area contributed by atoms with Crippen molar-refractivity contribution in [3.63, 3.8) is 0 Å². The molecule has 0 aromatic heterocycles. The van der Waals surface area contributed by atoms with Gasteiger partial charge in [-0.2, -0.15) is 0 Å². The summed E-state index contributed by atoms with van der Waals surface area (Å²) < 4.78 is 27.5. The van der Waals surface area contributed by atoms with Crippen molar-refractivity contribution in [1.82, 2.24) is 9.62 Å². The molecule has 0 radical (unpaired) electrons. The van der Waals surface area contributed by atoms with Gasteiger partial charge in [-0.15, -0.1) is 0 Å². The summed E-state index contributed by atoms with van der Waals surface area (Å²) in [5.41, 5.74) is 0.568. The maximum atomic E-state index is 13.1. The highest BCUT2D eigenvalue weighted by molar-refractivity contribution is 7.89. The van der Waals surface area contributed by atoms with Crippen molar-refractivity contribution >= 4 is 15.9 Å². The number of carbonyl (C=O) groups is 1. The van der Waals surface area contributed by atoms with Crippen molar-refractivity contribution in [3.05, 3.63) is 29.8 Å². The van der Waals surface area contributed by atoms with Crippen molar-refractivity contribution in [1.29, 1.82) is 0 Å². The summed E-state index contributed by atoms with van der Waals surface area (Å²) >= 11 is 0. The zero-order valence-electron chi connectivity index (χ0n) is 17.1. The molecule has 1 aromatic carbocycles. The summed E-state index contributed by atoms with van der Waals surface area (Å²) in [7, 11) is -1.61. The molecule has 0 spiro atoms. The van der Waals surface area contributed by atoms with E-state index in [4.69, 9.17) is 0 Å². The second kappa shape index (κ2) is 7.45. The van der Waals surface area contributed by atoms with Crippen LogP contribution in [0.4, 0.5) is 0 Å². The summed E-state index contributed by atoms with van der Waals surface area (Å²) in [6.07, 6.45) is 7.22. The van der Waals surface area contributed by atoms with Gasteiger partial charge in [0, 0.05) is 24.7 Å². The van der Waals surface area contributed by atoms with Crippen molar-refractivity contribution < 1.29 is 13.2 Å². The van der Waals surface area contributed by atoms with Crippen LogP contribution in [-0.2, 0) is 10.0 Å². The minimum absolute atomic E-state index is 0.0105. The highest BCUT2D eigenvalue weighted by Crippen LogP contribution is 2.55. The Labute approximate surface area is 168 Å². The fourth-order valence-electron chi connectivity index (χ4n) is 6.06. The Hall–Kier alpha value is -1.40. The molecule has 0 aliphatic heterocycles. The van der Waals surface area contributed by atoms with Gasteiger partial charge < -0.3 is 4.90 Å². The minimum Gasteiger partial charge on any atom is -0.338 e. The standard InChI is InChI=1S/C22H32N2O3S/c1-4-14(2)23-28(26,27)20-7-5-17(6-8-20)22(25)24(3)21-18-10-15-9-16(12-18)13-19(21)11-15/h5-8,14-16,18-19,21,23H,4,9-13H2,1-3H3. The zero-order chi connectivity index (χ0) is 20.1. The Bertz CT molecular complexity index is 806. The number of amides is 1. The van der Waals surface area contributed by atoms with E-state index in [1.165, 1.54) is 32.1 Å². The first kappa shape index (κ1) is 19.9. The molecule has 28 heavy (non-hydrogen) atoms. The smallest absolute Gasteiger partial charge is 0.253 e. The highest BCUT2D eigenvalue weighted by atomic mass is 32.2. The average molecular weight is 405 g/mol. The van der Waals surface area contributed by atoms with Gasteiger partial charge in [-0.3, -0.25) is 4.79 Å². The van der Waals surface area contributed by atoms with E-state index >= 15 is 0 Å². The second-order valence-electron chi connectivity index (χ2n) is 9.29. The highest BCUT2D eigenvalue weighted by Gasteiger charge is 2.50. The van der Waals surface area contributed by atoms with Gasteiger partial charge in [-0.25, -0.2) is 13.1 Å². The number of carbonyl (C=O) groups excluding carboxylic acids is 1. The fourth-order valence-corrected chi connectivity index (χ4v) is 7.39. The molecule has 1 unspecified atom stereocenters. The van der Waals surface area contributed by atoms with Gasteiger partial charge >= 0.3 is 0 Å². The molecule has 4 aliphatic rings. The maximum Gasteiger partial charge on any atom is 0.253 e. The van der Waals surface area contributed by atoms with Crippen LogP contribution in [0, 0.1) is 23.7 Å². The zero-order valence-corrected chi connectivity index (χ0v) is 17.9. The van der Waals surface area contributed by atoms with E-state index in [9.17, 15) is 13.2 Å². The first-order chi connectivity index (χ1) is 13.3. The van der Waals surface area contributed by atoms with E-state index in [0.29, 0.717) is 23.4 Å². The van der Waals surface area contributed by atoms with E-state index in [2.05, 4.69) is 4.72 Å². The molecule has 4 fully saturated rings. The van der Waals surface area contributed by atoms with Crippen molar-refractivity contribution in [2.75, 3.05) is 7.05 Å². The van der Waals surface area contributed by atoms with Crippen LogP contribution < -0.4 is 4.72 Å². The van der Waals surface area contributed by atoms with E-state index in [1.807, 2.05) is 25.8 Å². The number of hydrogen-bond acceptors (Lipinski definition) is 3. The Morgan fingerprint density at radius 1 is 1.07 bits per heavy atom. The number of nitrogens with zero attached hydrogens (tertiary/aromatic N) is 1. The van der Waals surface area contributed by atoms with E-state index in [0.717, 1.165) is 18.3 Å². The van der Waals surface area contributed by atoms with Gasteiger partial charge in [0.1, 0.15) is 0 Å². The molecule has 0 heterocycles. The summed E-state index contributed by atoms with van der Waals surface area (Å²) in [4.78, 5) is 15.3. The van der Waals surface area contributed by atoms with Gasteiger partial charge in [0.25, 0.3) is 5.91 Å². The summed E-state index contributed by atoms with van der Waals surface area (Å²) in [6, 6.07) is 6.62. The first-order valence-electron chi connectivity index (χ1n) is 10.7. The summed E-state index contributed by atoms with van der Waals surface area (Å²) in [5.74, 6) is 3.06. The average Bonchev–Trinajstić information content (AvgIpc) is 2.66. The van der Waals surface area contributed by atoms with Crippen molar-refractivity contribution in [3.8, 4) is 0 Å². The monoisotopic (exact) mass is 404 g/mol. The van der Waals surface area contributed by atoms with Crippen LogP contribution in [0.25, 0.3) is 0 Å². The SMILES string of the molecule is CCC(C)NS(=O)(=O)c1ccc(C(=O)N(C)C2C3CC4CC(C3)CC2C4)cc1. The number of rotatable bonds is 6. The molecule has 1 atom stereocenters. The molecule has 5 nitrogen and oxygen atoms in total. The summed E-state index contributed by atoms with van der Waals surface area (Å²) in [5, 5.41) is 0. The Kier molecular flexibility index (Phi) is 5.29. The summed E-state index contributed by atoms with van der Waals surface area (Å²) in [6.45, 7) is 3.78. The predicted octanol–water partition coefficient (Wildman–Crippen LogP) is 3.66.